The fourth-order valence-corrected chi connectivity index (χ4v) is 2.77. The molecule has 0 radical (unpaired) electrons. The van der Waals surface area contributed by atoms with Crippen molar-refractivity contribution in [2.24, 2.45) is 7.05 Å². The van der Waals surface area contributed by atoms with Crippen LogP contribution in [0, 0.1) is 0 Å². The van der Waals surface area contributed by atoms with Crippen LogP contribution < -0.4 is 0 Å². The molecule has 0 fully saturated rings. The third kappa shape index (κ3) is 3.29. The number of rotatable bonds is 4. The van der Waals surface area contributed by atoms with E-state index < -0.39 is 0 Å². The number of hydrogen-bond acceptors (Lipinski definition) is 4. The molecule has 0 saturated carbocycles. The summed E-state index contributed by atoms with van der Waals surface area (Å²) in [5.41, 5.74) is 0. The van der Waals surface area contributed by atoms with Crippen molar-refractivity contribution in [3.05, 3.63) is 28.9 Å². The highest BCUT2D eigenvalue weighted by atomic mass is 79.9. The molecule has 0 aliphatic carbocycles. The number of aryl methyl sites for hydroxylation is 2. The van der Waals surface area contributed by atoms with Crippen LogP contribution >= 0.6 is 27.7 Å². The predicted molar refractivity (Wildman–Crippen MR) is 71.1 cm³/mol. The standard InChI is InChI=1S/C11H13BrN4S/c1-3-4-9-14-8(12)7-10(15-9)17-11-13-5-6-16(11)2/h5-7H,3-4H2,1-2H3. The third-order valence-corrected chi connectivity index (χ3v) is 3.56. The van der Waals surface area contributed by atoms with Gasteiger partial charge in [0.2, 0.25) is 0 Å². The van der Waals surface area contributed by atoms with Gasteiger partial charge in [0, 0.05) is 31.9 Å². The fraction of sp³-hybridized carbons (Fsp3) is 0.364. The van der Waals surface area contributed by atoms with Gasteiger partial charge in [-0.25, -0.2) is 15.0 Å². The van der Waals surface area contributed by atoms with E-state index >= 15 is 0 Å². The van der Waals surface area contributed by atoms with Gasteiger partial charge in [0.05, 0.1) is 0 Å². The van der Waals surface area contributed by atoms with Crippen molar-refractivity contribution in [3.8, 4) is 0 Å². The number of aromatic nitrogens is 4. The van der Waals surface area contributed by atoms with E-state index in [4.69, 9.17) is 0 Å². The second-order valence-corrected chi connectivity index (χ2v) is 5.42. The molecule has 0 aliphatic rings. The topological polar surface area (TPSA) is 43.6 Å². The Bertz CT molecular complexity index is 512. The maximum absolute atomic E-state index is 4.51. The highest BCUT2D eigenvalue weighted by molar-refractivity contribution is 9.10. The van der Waals surface area contributed by atoms with Gasteiger partial charge in [-0.3, -0.25) is 0 Å². The Balaban J connectivity index is 2.23. The molecule has 2 aromatic heterocycles. The molecule has 4 nitrogen and oxygen atoms in total. The summed E-state index contributed by atoms with van der Waals surface area (Å²) in [5.74, 6) is 0.874. The van der Waals surface area contributed by atoms with E-state index in [2.05, 4.69) is 37.8 Å². The van der Waals surface area contributed by atoms with Crippen molar-refractivity contribution >= 4 is 27.7 Å². The van der Waals surface area contributed by atoms with Crippen molar-refractivity contribution in [2.45, 2.75) is 29.9 Å². The summed E-state index contributed by atoms with van der Waals surface area (Å²) in [6.07, 6.45) is 5.65. The van der Waals surface area contributed by atoms with Gasteiger partial charge in [-0.15, -0.1) is 0 Å². The fourth-order valence-electron chi connectivity index (χ4n) is 1.37. The highest BCUT2D eigenvalue weighted by Crippen LogP contribution is 2.25. The van der Waals surface area contributed by atoms with Crippen LogP contribution in [0.15, 0.2) is 33.2 Å². The van der Waals surface area contributed by atoms with Crippen LogP contribution in [-0.4, -0.2) is 19.5 Å². The lowest BCUT2D eigenvalue weighted by Crippen LogP contribution is -1.97. The van der Waals surface area contributed by atoms with Gasteiger partial charge in [0.15, 0.2) is 5.16 Å². The van der Waals surface area contributed by atoms with Crippen LogP contribution in [0.4, 0.5) is 0 Å². The molecule has 0 aliphatic heterocycles. The highest BCUT2D eigenvalue weighted by Gasteiger charge is 2.07. The van der Waals surface area contributed by atoms with Gasteiger partial charge in [-0.2, -0.15) is 0 Å². The van der Waals surface area contributed by atoms with Crippen molar-refractivity contribution in [1.82, 2.24) is 19.5 Å². The predicted octanol–water partition coefficient (Wildman–Crippen LogP) is 3.08. The van der Waals surface area contributed by atoms with Crippen LogP contribution in [0.25, 0.3) is 0 Å². The number of hydrogen-bond donors (Lipinski definition) is 0. The van der Waals surface area contributed by atoms with Gasteiger partial charge in [-0.1, -0.05) is 6.92 Å². The number of imidazole rings is 1. The lowest BCUT2D eigenvalue weighted by Gasteiger charge is -2.04. The summed E-state index contributed by atoms with van der Waals surface area (Å²) in [4.78, 5) is 13.1. The zero-order chi connectivity index (χ0) is 12.3. The van der Waals surface area contributed by atoms with Crippen molar-refractivity contribution in [1.29, 1.82) is 0 Å². The molecule has 0 atom stereocenters. The Labute approximate surface area is 113 Å². The molecule has 2 heterocycles. The van der Waals surface area contributed by atoms with E-state index in [1.165, 1.54) is 0 Å². The molecule has 0 unspecified atom stereocenters. The zero-order valence-electron chi connectivity index (χ0n) is 9.72. The van der Waals surface area contributed by atoms with Crippen molar-refractivity contribution < 1.29 is 0 Å². The number of halogens is 1. The summed E-state index contributed by atoms with van der Waals surface area (Å²) < 4.78 is 2.80. The minimum atomic E-state index is 0.827. The average molecular weight is 313 g/mol. The first-order valence-corrected chi connectivity index (χ1v) is 6.98. The monoisotopic (exact) mass is 312 g/mol. The van der Waals surface area contributed by atoms with Crippen LogP contribution in [0.3, 0.4) is 0 Å². The SMILES string of the molecule is CCCc1nc(Br)cc(Sc2nccn2C)n1. The van der Waals surface area contributed by atoms with Crippen LogP contribution in [-0.2, 0) is 13.5 Å². The summed E-state index contributed by atoms with van der Waals surface area (Å²) in [5, 5.41) is 1.85. The van der Waals surface area contributed by atoms with Crippen LogP contribution in [0.1, 0.15) is 19.2 Å². The second kappa shape index (κ2) is 5.64. The molecule has 0 N–H and O–H groups in total. The summed E-state index contributed by atoms with van der Waals surface area (Å²) >= 11 is 4.96. The maximum Gasteiger partial charge on any atom is 0.174 e. The first-order chi connectivity index (χ1) is 8.19. The maximum atomic E-state index is 4.51. The third-order valence-electron chi connectivity index (χ3n) is 2.16. The molecule has 2 aromatic rings. The molecule has 0 saturated heterocycles. The molecule has 0 bridgehead atoms. The van der Waals surface area contributed by atoms with Gasteiger partial charge in [-0.05, 0) is 34.1 Å². The Kier molecular flexibility index (Phi) is 4.17. The van der Waals surface area contributed by atoms with E-state index in [-0.39, 0.29) is 0 Å². The zero-order valence-corrected chi connectivity index (χ0v) is 12.1. The van der Waals surface area contributed by atoms with E-state index in [0.717, 1.165) is 33.5 Å². The van der Waals surface area contributed by atoms with Gasteiger partial charge >= 0.3 is 0 Å². The molecule has 0 amide bonds. The summed E-state index contributed by atoms with van der Waals surface area (Å²) in [7, 11) is 1.97. The van der Waals surface area contributed by atoms with E-state index in [0.29, 0.717) is 0 Å². The Morgan fingerprint density at radius 1 is 1.41 bits per heavy atom. The van der Waals surface area contributed by atoms with Crippen LogP contribution in [0.5, 0.6) is 0 Å². The Morgan fingerprint density at radius 3 is 2.88 bits per heavy atom. The quantitative estimate of drug-likeness (QED) is 0.814. The molecule has 0 spiro atoms. The average Bonchev–Trinajstić information content (AvgIpc) is 2.64. The van der Waals surface area contributed by atoms with Gasteiger partial charge in [0.1, 0.15) is 15.5 Å². The minimum absolute atomic E-state index is 0.827. The lowest BCUT2D eigenvalue weighted by atomic mass is 10.3. The van der Waals surface area contributed by atoms with Crippen molar-refractivity contribution in [2.75, 3.05) is 0 Å². The van der Waals surface area contributed by atoms with Gasteiger partial charge < -0.3 is 4.57 Å². The van der Waals surface area contributed by atoms with E-state index in [1.54, 1.807) is 18.0 Å². The molecule has 0 aromatic carbocycles. The summed E-state index contributed by atoms with van der Waals surface area (Å²) in [6.45, 7) is 2.12. The van der Waals surface area contributed by atoms with E-state index in [1.807, 2.05) is 23.9 Å². The van der Waals surface area contributed by atoms with Crippen LogP contribution in [0.2, 0.25) is 0 Å². The molecule has 2 rings (SSSR count). The largest absolute Gasteiger partial charge is 0.329 e. The molecule has 6 heteroatoms. The molecular weight excluding hydrogens is 300 g/mol. The summed E-state index contributed by atoms with van der Waals surface area (Å²) in [6, 6.07) is 1.92. The lowest BCUT2D eigenvalue weighted by molar-refractivity contribution is 0.780. The minimum Gasteiger partial charge on any atom is -0.329 e. The first kappa shape index (κ1) is 12.6. The van der Waals surface area contributed by atoms with Gasteiger partial charge in [0.25, 0.3) is 0 Å². The smallest absolute Gasteiger partial charge is 0.174 e. The number of nitrogens with zero attached hydrogens (tertiary/aromatic N) is 4. The first-order valence-electron chi connectivity index (χ1n) is 5.37. The molecule has 90 valence electrons. The normalized spacial score (nSPS) is 10.8. The van der Waals surface area contributed by atoms with Crippen molar-refractivity contribution in [3.63, 3.8) is 0 Å². The Hall–Kier alpha value is -0.880. The molecule has 17 heavy (non-hydrogen) atoms. The molecular formula is C11H13BrN4S. The Morgan fingerprint density at radius 2 is 2.24 bits per heavy atom. The van der Waals surface area contributed by atoms with E-state index in [9.17, 15) is 0 Å². The second-order valence-electron chi connectivity index (χ2n) is 3.62.